The first kappa shape index (κ1) is 15.4. The Hall–Kier alpha value is -1.04. The number of methoxy groups -OCH3 is 1. The smallest absolute Gasteiger partial charge is 0.119 e. The Labute approximate surface area is 135 Å². The van der Waals surface area contributed by atoms with E-state index in [-0.39, 0.29) is 6.04 Å². The van der Waals surface area contributed by atoms with E-state index in [9.17, 15) is 0 Å². The summed E-state index contributed by atoms with van der Waals surface area (Å²) in [7, 11) is 1.66. The highest BCUT2D eigenvalue weighted by molar-refractivity contribution is 9.13. The second-order valence-electron chi connectivity index (χ2n) is 4.33. The quantitative estimate of drug-likeness (QED) is 0.786. The normalized spacial score (nSPS) is 12.0. The average Bonchev–Trinajstić information content (AvgIpc) is 2.48. The number of nitrogens with two attached hydrogens (primary N) is 1. The van der Waals surface area contributed by atoms with E-state index >= 15 is 0 Å². The zero-order valence-corrected chi connectivity index (χ0v) is 14.2. The molecular formula is C15H16Br2N2O. The summed E-state index contributed by atoms with van der Waals surface area (Å²) >= 11 is 6.99. The molecule has 3 N–H and O–H groups in total. The van der Waals surface area contributed by atoms with Gasteiger partial charge in [0.25, 0.3) is 0 Å². The van der Waals surface area contributed by atoms with E-state index in [2.05, 4.69) is 49.3 Å². The molecule has 0 radical (unpaired) electrons. The van der Waals surface area contributed by atoms with Crippen LogP contribution < -0.4 is 15.8 Å². The summed E-state index contributed by atoms with van der Waals surface area (Å²) in [5.74, 6) is 0.839. The minimum Gasteiger partial charge on any atom is -0.497 e. The Morgan fingerprint density at radius 2 is 1.80 bits per heavy atom. The Morgan fingerprint density at radius 3 is 2.35 bits per heavy atom. The molecular weight excluding hydrogens is 384 g/mol. The summed E-state index contributed by atoms with van der Waals surface area (Å²) in [5, 5.41) is 3.43. The summed E-state index contributed by atoms with van der Waals surface area (Å²) < 4.78 is 7.20. The van der Waals surface area contributed by atoms with Crippen molar-refractivity contribution in [1.29, 1.82) is 0 Å². The Kier molecular flexibility index (Phi) is 5.46. The minimum absolute atomic E-state index is 0.0628. The third-order valence-electron chi connectivity index (χ3n) is 3.01. The molecule has 2 aromatic rings. The number of hydrogen-bond donors (Lipinski definition) is 2. The van der Waals surface area contributed by atoms with Crippen molar-refractivity contribution in [2.45, 2.75) is 6.04 Å². The molecule has 2 aromatic carbocycles. The largest absolute Gasteiger partial charge is 0.497 e. The van der Waals surface area contributed by atoms with E-state index < -0.39 is 0 Å². The SMILES string of the molecule is COc1ccc(NC(CN)c2ccc(Br)c(Br)c2)cc1. The van der Waals surface area contributed by atoms with Gasteiger partial charge in [-0.25, -0.2) is 0 Å². The summed E-state index contributed by atoms with van der Waals surface area (Å²) in [5.41, 5.74) is 8.03. The molecule has 0 saturated carbocycles. The number of hydrogen-bond acceptors (Lipinski definition) is 3. The molecule has 0 aromatic heterocycles. The third-order valence-corrected chi connectivity index (χ3v) is 4.89. The van der Waals surface area contributed by atoms with Crippen molar-refractivity contribution in [2.24, 2.45) is 5.73 Å². The van der Waals surface area contributed by atoms with E-state index in [4.69, 9.17) is 10.5 Å². The van der Waals surface area contributed by atoms with Gasteiger partial charge in [-0.2, -0.15) is 0 Å². The van der Waals surface area contributed by atoms with Crippen LogP contribution in [0.5, 0.6) is 5.75 Å². The molecule has 106 valence electrons. The molecule has 0 aliphatic heterocycles. The van der Waals surface area contributed by atoms with E-state index in [0.717, 1.165) is 25.9 Å². The summed E-state index contributed by atoms with van der Waals surface area (Å²) in [6, 6.07) is 14.0. The fourth-order valence-electron chi connectivity index (χ4n) is 1.90. The number of benzene rings is 2. The van der Waals surface area contributed by atoms with Gasteiger partial charge in [-0.1, -0.05) is 6.07 Å². The van der Waals surface area contributed by atoms with E-state index in [1.807, 2.05) is 30.3 Å². The number of rotatable bonds is 5. The van der Waals surface area contributed by atoms with Crippen LogP contribution in [0.2, 0.25) is 0 Å². The zero-order chi connectivity index (χ0) is 14.5. The van der Waals surface area contributed by atoms with Crippen LogP contribution in [0.3, 0.4) is 0 Å². The number of nitrogens with one attached hydrogen (secondary N) is 1. The van der Waals surface area contributed by atoms with Crippen LogP contribution in [0, 0.1) is 0 Å². The summed E-state index contributed by atoms with van der Waals surface area (Å²) in [4.78, 5) is 0. The predicted octanol–water partition coefficient (Wildman–Crippen LogP) is 4.33. The van der Waals surface area contributed by atoms with Crippen molar-refractivity contribution in [3.8, 4) is 5.75 Å². The first-order valence-corrected chi connectivity index (χ1v) is 7.78. The molecule has 0 amide bonds. The van der Waals surface area contributed by atoms with Crippen LogP contribution in [-0.4, -0.2) is 13.7 Å². The monoisotopic (exact) mass is 398 g/mol. The van der Waals surface area contributed by atoms with Crippen molar-refractivity contribution in [3.63, 3.8) is 0 Å². The molecule has 1 atom stereocenters. The lowest BCUT2D eigenvalue weighted by atomic mass is 10.1. The molecule has 5 heteroatoms. The van der Waals surface area contributed by atoms with E-state index in [0.29, 0.717) is 6.54 Å². The number of ether oxygens (including phenoxy) is 1. The molecule has 20 heavy (non-hydrogen) atoms. The molecule has 3 nitrogen and oxygen atoms in total. The Bertz CT molecular complexity index is 573. The number of anilines is 1. The standard InChI is InChI=1S/C15H16Br2N2O/c1-20-12-5-3-11(4-6-12)19-15(9-18)10-2-7-13(16)14(17)8-10/h2-8,15,19H,9,18H2,1H3. The van der Waals surface area contributed by atoms with Gasteiger partial charge in [0.2, 0.25) is 0 Å². The second kappa shape index (κ2) is 7.11. The average molecular weight is 400 g/mol. The van der Waals surface area contributed by atoms with Gasteiger partial charge >= 0.3 is 0 Å². The first-order chi connectivity index (χ1) is 9.63. The Morgan fingerprint density at radius 1 is 1.10 bits per heavy atom. The third kappa shape index (κ3) is 3.75. The molecule has 0 saturated heterocycles. The van der Waals surface area contributed by atoms with Crippen molar-refractivity contribution in [3.05, 3.63) is 57.0 Å². The predicted molar refractivity (Wildman–Crippen MR) is 90.3 cm³/mol. The van der Waals surface area contributed by atoms with Gasteiger partial charge < -0.3 is 15.8 Å². The first-order valence-electron chi connectivity index (χ1n) is 6.19. The van der Waals surface area contributed by atoms with Gasteiger partial charge in [0.15, 0.2) is 0 Å². The molecule has 2 rings (SSSR count). The highest BCUT2D eigenvalue weighted by atomic mass is 79.9. The summed E-state index contributed by atoms with van der Waals surface area (Å²) in [6.07, 6.45) is 0. The highest BCUT2D eigenvalue weighted by Gasteiger charge is 2.11. The fourth-order valence-corrected chi connectivity index (χ4v) is 2.54. The fraction of sp³-hybridized carbons (Fsp3) is 0.200. The maximum absolute atomic E-state index is 5.88. The van der Waals surface area contributed by atoms with Crippen molar-refractivity contribution < 1.29 is 4.74 Å². The molecule has 0 fully saturated rings. The molecule has 0 heterocycles. The van der Waals surface area contributed by atoms with Crippen molar-refractivity contribution >= 4 is 37.5 Å². The lowest BCUT2D eigenvalue weighted by Gasteiger charge is -2.19. The van der Waals surface area contributed by atoms with Crippen molar-refractivity contribution in [1.82, 2.24) is 0 Å². The molecule has 0 aliphatic carbocycles. The second-order valence-corrected chi connectivity index (χ2v) is 6.04. The van der Waals surface area contributed by atoms with Crippen LogP contribution in [0.4, 0.5) is 5.69 Å². The minimum atomic E-state index is 0.0628. The zero-order valence-electron chi connectivity index (χ0n) is 11.1. The molecule has 0 spiro atoms. The van der Waals surface area contributed by atoms with Gasteiger partial charge in [-0.05, 0) is 73.8 Å². The lowest BCUT2D eigenvalue weighted by molar-refractivity contribution is 0.415. The van der Waals surface area contributed by atoms with E-state index in [1.54, 1.807) is 7.11 Å². The van der Waals surface area contributed by atoms with Crippen LogP contribution in [-0.2, 0) is 0 Å². The maximum atomic E-state index is 5.88. The van der Waals surface area contributed by atoms with Crippen LogP contribution in [0.1, 0.15) is 11.6 Å². The van der Waals surface area contributed by atoms with Gasteiger partial charge in [0, 0.05) is 21.2 Å². The summed E-state index contributed by atoms with van der Waals surface area (Å²) in [6.45, 7) is 0.514. The van der Waals surface area contributed by atoms with Crippen LogP contribution >= 0.6 is 31.9 Å². The van der Waals surface area contributed by atoms with Gasteiger partial charge in [-0.3, -0.25) is 0 Å². The lowest BCUT2D eigenvalue weighted by Crippen LogP contribution is -2.20. The Balaban J connectivity index is 2.16. The van der Waals surface area contributed by atoms with Crippen molar-refractivity contribution in [2.75, 3.05) is 19.0 Å². The topological polar surface area (TPSA) is 47.3 Å². The number of halogens is 2. The maximum Gasteiger partial charge on any atom is 0.119 e. The molecule has 0 bridgehead atoms. The van der Waals surface area contributed by atoms with Gasteiger partial charge in [0.1, 0.15) is 5.75 Å². The van der Waals surface area contributed by atoms with E-state index in [1.165, 1.54) is 0 Å². The van der Waals surface area contributed by atoms with Crippen LogP contribution in [0.25, 0.3) is 0 Å². The highest BCUT2D eigenvalue weighted by Crippen LogP contribution is 2.28. The van der Waals surface area contributed by atoms with Crippen LogP contribution in [0.15, 0.2) is 51.4 Å². The van der Waals surface area contributed by atoms with Gasteiger partial charge in [0.05, 0.1) is 13.2 Å². The molecule has 1 unspecified atom stereocenters. The molecule has 0 aliphatic rings. The van der Waals surface area contributed by atoms with Gasteiger partial charge in [-0.15, -0.1) is 0 Å².